The molecule has 1 aromatic heterocycles. The average Bonchev–Trinajstić information content (AvgIpc) is 3.07. The number of nitrogens with zero attached hydrogens (tertiary/aromatic N) is 4. The minimum atomic E-state index is 0.400. The molecule has 0 unspecified atom stereocenters. The first-order valence-electron chi connectivity index (χ1n) is 8.28. The maximum atomic E-state index is 8.68. The highest BCUT2D eigenvalue weighted by Gasteiger charge is 2.15. The fraction of sp³-hybridized carbons (Fsp3) is 0.211. The van der Waals surface area contributed by atoms with E-state index in [4.69, 9.17) is 20.6 Å². The van der Waals surface area contributed by atoms with Crippen LogP contribution in [-0.2, 0) is 6.42 Å². The smallest absolute Gasteiger partial charge is 0.210 e. The Kier molecular flexibility index (Phi) is 6.18. The minimum absolute atomic E-state index is 0.400. The average molecular weight is 381 g/mol. The summed E-state index contributed by atoms with van der Waals surface area (Å²) in [4.78, 5) is 0. The van der Waals surface area contributed by atoms with Gasteiger partial charge < -0.3 is 15.3 Å². The van der Waals surface area contributed by atoms with Crippen molar-refractivity contribution < 1.29 is 9.47 Å². The summed E-state index contributed by atoms with van der Waals surface area (Å²) in [6.45, 7) is 0.499. The summed E-state index contributed by atoms with van der Waals surface area (Å²) in [7, 11) is 1.61. The Morgan fingerprint density at radius 3 is 2.67 bits per heavy atom. The molecular weight excluding hydrogens is 362 g/mol. The van der Waals surface area contributed by atoms with Gasteiger partial charge in [0.05, 0.1) is 31.8 Å². The van der Waals surface area contributed by atoms with E-state index in [9.17, 15) is 0 Å². The van der Waals surface area contributed by atoms with Gasteiger partial charge in [-0.1, -0.05) is 36.0 Å². The second-order valence-corrected chi connectivity index (χ2v) is 6.61. The Morgan fingerprint density at radius 1 is 1.15 bits per heavy atom. The number of nitriles is 1. The molecule has 0 aliphatic heterocycles. The van der Waals surface area contributed by atoms with Gasteiger partial charge in [0.25, 0.3) is 0 Å². The van der Waals surface area contributed by atoms with Gasteiger partial charge in [0.1, 0.15) is 11.5 Å². The van der Waals surface area contributed by atoms with Gasteiger partial charge in [-0.15, -0.1) is 10.2 Å². The van der Waals surface area contributed by atoms with E-state index in [1.54, 1.807) is 7.11 Å². The summed E-state index contributed by atoms with van der Waals surface area (Å²) in [5, 5.41) is 17.6. The van der Waals surface area contributed by atoms with Crippen LogP contribution in [0.1, 0.15) is 5.56 Å². The first-order chi connectivity index (χ1) is 13.2. The first-order valence-corrected chi connectivity index (χ1v) is 9.27. The van der Waals surface area contributed by atoms with Gasteiger partial charge in [-0.05, 0) is 29.8 Å². The van der Waals surface area contributed by atoms with Gasteiger partial charge in [-0.25, -0.2) is 4.68 Å². The van der Waals surface area contributed by atoms with Crippen LogP contribution in [0.2, 0.25) is 0 Å². The Balaban J connectivity index is 1.56. The molecule has 0 atom stereocenters. The summed E-state index contributed by atoms with van der Waals surface area (Å²) in [6, 6.07) is 17.2. The molecule has 0 saturated heterocycles. The third-order valence-corrected chi connectivity index (χ3v) is 4.71. The van der Waals surface area contributed by atoms with Crippen LogP contribution in [0, 0.1) is 11.3 Å². The summed E-state index contributed by atoms with van der Waals surface area (Å²) in [6.07, 6.45) is 0.400. The number of hydrogen-bond acceptors (Lipinski definition) is 7. The molecule has 3 aromatic rings. The lowest BCUT2D eigenvalue weighted by atomic mass is 10.2. The normalized spacial score (nSPS) is 10.4. The molecule has 0 aliphatic rings. The lowest BCUT2D eigenvalue weighted by molar-refractivity contribution is 0.343. The van der Waals surface area contributed by atoms with Crippen LogP contribution in [-0.4, -0.2) is 34.3 Å². The van der Waals surface area contributed by atoms with Crippen LogP contribution >= 0.6 is 11.8 Å². The zero-order chi connectivity index (χ0) is 19.1. The van der Waals surface area contributed by atoms with E-state index in [-0.39, 0.29) is 0 Å². The predicted octanol–water partition coefficient (Wildman–Crippen LogP) is 2.90. The number of thioether (sulfide) groups is 1. The number of nitrogens with two attached hydrogens (primary N) is 1. The number of ether oxygens (including phenoxy) is 2. The van der Waals surface area contributed by atoms with E-state index < -0.39 is 0 Å². The number of rotatable bonds is 8. The lowest BCUT2D eigenvalue weighted by Crippen LogP contribution is -2.12. The van der Waals surface area contributed by atoms with Gasteiger partial charge in [0, 0.05) is 5.75 Å². The SMILES string of the molecule is COc1ccccc1-c1nnc(SCCOc2ccc(CC#N)cc2)n1N. The number of methoxy groups -OCH3 is 1. The summed E-state index contributed by atoms with van der Waals surface area (Å²) in [5.41, 5.74) is 1.76. The molecular formula is C19H19N5O2S. The number of benzene rings is 2. The molecule has 0 bridgehead atoms. The molecule has 0 spiro atoms. The largest absolute Gasteiger partial charge is 0.496 e. The molecule has 7 nitrogen and oxygen atoms in total. The van der Waals surface area contributed by atoms with Crippen LogP contribution in [0.3, 0.4) is 0 Å². The maximum absolute atomic E-state index is 8.68. The van der Waals surface area contributed by atoms with E-state index >= 15 is 0 Å². The van der Waals surface area contributed by atoms with Gasteiger partial charge in [0.2, 0.25) is 5.16 Å². The predicted molar refractivity (Wildman–Crippen MR) is 104 cm³/mol. The Labute approximate surface area is 161 Å². The van der Waals surface area contributed by atoms with Crippen molar-refractivity contribution in [1.29, 1.82) is 5.26 Å². The van der Waals surface area contributed by atoms with Crippen molar-refractivity contribution in [3.8, 4) is 29.0 Å². The zero-order valence-corrected chi connectivity index (χ0v) is 15.6. The van der Waals surface area contributed by atoms with Crippen LogP contribution < -0.4 is 15.3 Å². The van der Waals surface area contributed by atoms with Crippen molar-refractivity contribution in [2.45, 2.75) is 11.6 Å². The molecule has 3 rings (SSSR count). The molecule has 138 valence electrons. The third kappa shape index (κ3) is 4.51. The van der Waals surface area contributed by atoms with Gasteiger partial charge in [0.15, 0.2) is 5.82 Å². The van der Waals surface area contributed by atoms with Crippen molar-refractivity contribution in [1.82, 2.24) is 14.9 Å². The fourth-order valence-electron chi connectivity index (χ4n) is 2.48. The molecule has 2 N–H and O–H groups in total. The molecule has 2 aromatic carbocycles. The Bertz CT molecular complexity index is 934. The van der Waals surface area contributed by atoms with Gasteiger partial charge in [-0.3, -0.25) is 0 Å². The number of nitrogen functional groups attached to an aromatic ring is 1. The first kappa shape index (κ1) is 18.6. The lowest BCUT2D eigenvalue weighted by Gasteiger charge is -2.08. The molecule has 27 heavy (non-hydrogen) atoms. The molecule has 0 fully saturated rings. The van der Waals surface area contributed by atoms with E-state index in [2.05, 4.69) is 16.3 Å². The van der Waals surface area contributed by atoms with Crippen molar-refractivity contribution in [2.75, 3.05) is 25.3 Å². The van der Waals surface area contributed by atoms with E-state index in [0.717, 1.165) is 16.9 Å². The zero-order valence-electron chi connectivity index (χ0n) is 14.8. The summed E-state index contributed by atoms with van der Waals surface area (Å²) >= 11 is 1.46. The standard InChI is InChI=1S/C19H19N5O2S/c1-25-17-5-3-2-4-16(17)18-22-23-19(24(18)21)27-13-12-26-15-8-6-14(7-9-15)10-11-20/h2-9H,10,12-13,21H2,1H3. The highest BCUT2D eigenvalue weighted by Crippen LogP contribution is 2.29. The van der Waals surface area contributed by atoms with E-state index in [1.807, 2.05) is 48.5 Å². The molecule has 0 saturated carbocycles. The van der Waals surface area contributed by atoms with Gasteiger partial charge >= 0.3 is 0 Å². The van der Waals surface area contributed by atoms with Crippen molar-refractivity contribution in [3.63, 3.8) is 0 Å². The highest BCUT2D eigenvalue weighted by atomic mass is 32.2. The van der Waals surface area contributed by atoms with Crippen LogP contribution in [0.25, 0.3) is 11.4 Å². The van der Waals surface area contributed by atoms with Crippen LogP contribution in [0.4, 0.5) is 0 Å². The second-order valence-electron chi connectivity index (χ2n) is 5.55. The summed E-state index contributed by atoms with van der Waals surface area (Å²) in [5.74, 6) is 8.81. The monoisotopic (exact) mass is 381 g/mol. The number of hydrogen-bond donors (Lipinski definition) is 1. The summed E-state index contributed by atoms with van der Waals surface area (Å²) < 4.78 is 12.5. The van der Waals surface area contributed by atoms with Gasteiger partial charge in [-0.2, -0.15) is 5.26 Å². The van der Waals surface area contributed by atoms with Crippen molar-refractivity contribution >= 4 is 11.8 Å². The Hall–Kier alpha value is -3.18. The van der Waals surface area contributed by atoms with E-state index in [0.29, 0.717) is 35.5 Å². The maximum Gasteiger partial charge on any atom is 0.210 e. The second kappa shape index (κ2) is 8.96. The highest BCUT2D eigenvalue weighted by molar-refractivity contribution is 7.99. The van der Waals surface area contributed by atoms with Crippen LogP contribution in [0.15, 0.2) is 53.7 Å². The number of para-hydroxylation sites is 1. The Morgan fingerprint density at radius 2 is 1.93 bits per heavy atom. The topological polar surface area (TPSA) is 99.0 Å². The molecule has 8 heteroatoms. The fourth-order valence-corrected chi connectivity index (χ4v) is 3.15. The van der Waals surface area contributed by atoms with E-state index in [1.165, 1.54) is 16.4 Å². The quantitative estimate of drug-likeness (QED) is 0.364. The third-order valence-electron chi connectivity index (χ3n) is 3.80. The van der Waals surface area contributed by atoms with Crippen molar-refractivity contribution in [3.05, 3.63) is 54.1 Å². The van der Waals surface area contributed by atoms with Crippen molar-refractivity contribution in [2.24, 2.45) is 0 Å². The molecule has 0 amide bonds. The molecule has 0 radical (unpaired) electrons. The van der Waals surface area contributed by atoms with Crippen LogP contribution in [0.5, 0.6) is 11.5 Å². The molecule has 1 heterocycles. The molecule has 0 aliphatic carbocycles. The minimum Gasteiger partial charge on any atom is -0.496 e. The number of aromatic nitrogens is 3.